The summed E-state index contributed by atoms with van der Waals surface area (Å²) >= 11 is 0. The van der Waals surface area contributed by atoms with E-state index in [1.54, 1.807) is 12.1 Å². The molecule has 9 nitrogen and oxygen atoms in total. The Bertz CT molecular complexity index is 1690. The third-order valence-corrected chi connectivity index (χ3v) is 8.28. The number of rotatable bonds is 16. The van der Waals surface area contributed by atoms with Gasteiger partial charge in [0.15, 0.2) is 6.29 Å². The Morgan fingerprint density at radius 1 is 0.571 bits per heavy atom. The van der Waals surface area contributed by atoms with E-state index in [-0.39, 0.29) is 12.3 Å². The van der Waals surface area contributed by atoms with E-state index in [9.17, 15) is 10.1 Å². The van der Waals surface area contributed by atoms with E-state index in [0.717, 1.165) is 22.3 Å². The molecule has 1 heterocycles. The molecule has 49 heavy (non-hydrogen) atoms. The van der Waals surface area contributed by atoms with Gasteiger partial charge in [-0.05, 0) is 34.4 Å². The van der Waals surface area contributed by atoms with Crippen LogP contribution in [-0.2, 0) is 50.1 Å². The molecule has 0 saturated carbocycles. The highest BCUT2D eigenvalue weighted by Gasteiger charge is 2.48. The van der Waals surface area contributed by atoms with Crippen LogP contribution < -0.4 is 5.32 Å². The second-order valence-electron chi connectivity index (χ2n) is 11.8. The maximum absolute atomic E-state index is 11.4. The highest BCUT2D eigenvalue weighted by Crippen LogP contribution is 2.32. The third-order valence-electron chi connectivity index (χ3n) is 8.28. The molecule has 0 aliphatic carbocycles. The second-order valence-corrected chi connectivity index (χ2v) is 11.8. The number of hydrogen-bond donors (Lipinski definition) is 1. The molecule has 1 fully saturated rings. The fourth-order valence-corrected chi connectivity index (χ4v) is 5.76. The van der Waals surface area contributed by atoms with E-state index in [0.29, 0.717) is 32.1 Å². The molecule has 1 saturated heterocycles. The van der Waals surface area contributed by atoms with Gasteiger partial charge in [0.05, 0.1) is 38.0 Å². The molecule has 9 heteroatoms. The normalized spacial score (nSPS) is 20.4. The molecular weight excluding hydrogens is 620 g/mol. The lowest BCUT2D eigenvalue weighted by atomic mass is 9.95. The molecule has 0 bridgehead atoms. The van der Waals surface area contributed by atoms with Crippen LogP contribution in [-0.4, -0.2) is 42.2 Å². The molecule has 1 aliphatic rings. The first-order valence-electron chi connectivity index (χ1n) is 16.4. The summed E-state index contributed by atoms with van der Waals surface area (Å²) in [4.78, 5) is 11.0. The minimum absolute atomic E-state index is 0.00102. The molecule has 252 valence electrons. The Morgan fingerprint density at radius 2 is 1.02 bits per heavy atom. The Morgan fingerprint density at radius 3 is 1.51 bits per heavy atom. The van der Waals surface area contributed by atoms with Crippen molar-refractivity contribution in [1.82, 2.24) is 0 Å². The van der Waals surface area contributed by atoms with Crippen LogP contribution in [0.2, 0.25) is 0 Å². The van der Waals surface area contributed by atoms with Crippen molar-refractivity contribution in [3.8, 4) is 0 Å². The summed E-state index contributed by atoms with van der Waals surface area (Å²) in [5, 5.41) is 14.9. The predicted molar refractivity (Wildman–Crippen MR) is 187 cm³/mol. The van der Waals surface area contributed by atoms with E-state index < -0.39 is 35.6 Å². The number of nitro benzene ring substituents is 1. The van der Waals surface area contributed by atoms with Crippen LogP contribution in [0.3, 0.4) is 0 Å². The second kappa shape index (κ2) is 17.5. The highest BCUT2D eigenvalue weighted by molar-refractivity contribution is 5.49. The van der Waals surface area contributed by atoms with Crippen molar-refractivity contribution in [2.24, 2.45) is 0 Å². The van der Waals surface area contributed by atoms with Gasteiger partial charge < -0.3 is 29.0 Å². The first-order valence-corrected chi connectivity index (χ1v) is 16.4. The molecule has 5 aromatic carbocycles. The Balaban J connectivity index is 1.33. The SMILES string of the molecule is O=[N+]([O-])c1ccc(N[C@H]2[C@H](OCc3ccccc3)O[C@H](COCc3ccccc3)[C@@H](OCc3ccccc3)[C@@H]2OCc2ccccc2)cc1. The van der Waals surface area contributed by atoms with Crippen LogP contribution in [0, 0.1) is 10.1 Å². The smallest absolute Gasteiger partial charge is 0.269 e. The Labute approximate surface area is 286 Å². The zero-order valence-electron chi connectivity index (χ0n) is 27.1. The molecule has 0 spiro atoms. The van der Waals surface area contributed by atoms with E-state index in [1.165, 1.54) is 12.1 Å². The number of nitrogens with zero attached hydrogens (tertiary/aromatic N) is 1. The molecule has 6 rings (SSSR count). The lowest BCUT2D eigenvalue weighted by Gasteiger charge is -2.46. The summed E-state index contributed by atoms with van der Waals surface area (Å²) in [7, 11) is 0. The number of benzene rings is 5. The van der Waals surface area contributed by atoms with E-state index in [1.807, 2.05) is 121 Å². The first kappa shape index (κ1) is 34.0. The van der Waals surface area contributed by atoms with Crippen molar-refractivity contribution < 1.29 is 28.6 Å². The van der Waals surface area contributed by atoms with Gasteiger partial charge >= 0.3 is 0 Å². The van der Waals surface area contributed by atoms with E-state index in [4.69, 9.17) is 23.7 Å². The van der Waals surface area contributed by atoms with Crippen molar-refractivity contribution in [2.45, 2.75) is 57.1 Å². The summed E-state index contributed by atoms with van der Waals surface area (Å²) in [6, 6.07) is 45.5. The standard InChI is InChI=1S/C40H40N2O7/c43-42(44)35-23-21-34(22-24-35)41-37-39(47-27-32-17-9-3-10-18-32)38(46-26-31-15-7-2-8-16-31)36(29-45-25-30-13-5-1-6-14-30)49-40(37)48-28-33-19-11-4-12-20-33/h1-24,36-41H,25-29H2/t36-,37-,38-,39-,40-/m1/s1. The molecule has 5 atom stereocenters. The lowest BCUT2D eigenvalue weighted by molar-refractivity contribution is -0.384. The fraction of sp³-hybridized carbons (Fsp3) is 0.250. The highest BCUT2D eigenvalue weighted by atomic mass is 16.7. The van der Waals surface area contributed by atoms with Gasteiger partial charge in [-0.2, -0.15) is 0 Å². The van der Waals surface area contributed by atoms with Gasteiger partial charge in [0.25, 0.3) is 5.69 Å². The summed E-state index contributed by atoms with van der Waals surface area (Å²) in [6.07, 6.45) is -2.51. The number of ether oxygens (including phenoxy) is 5. The molecule has 1 N–H and O–H groups in total. The molecule has 0 unspecified atom stereocenters. The van der Waals surface area contributed by atoms with Crippen LogP contribution in [0.4, 0.5) is 11.4 Å². The number of non-ortho nitro benzene ring substituents is 1. The molecule has 0 aromatic heterocycles. The van der Waals surface area contributed by atoms with Gasteiger partial charge in [0.2, 0.25) is 0 Å². The van der Waals surface area contributed by atoms with Crippen LogP contribution in [0.5, 0.6) is 0 Å². The number of nitrogens with one attached hydrogen (secondary N) is 1. The van der Waals surface area contributed by atoms with Crippen LogP contribution in [0.1, 0.15) is 22.3 Å². The zero-order valence-corrected chi connectivity index (χ0v) is 27.1. The topological polar surface area (TPSA) is 101 Å². The van der Waals surface area contributed by atoms with Crippen molar-refractivity contribution >= 4 is 11.4 Å². The van der Waals surface area contributed by atoms with E-state index in [2.05, 4.69) is 5.32 Å². The van der Waals surface area contributed by atoms with Crippen molar-refractivity contribution in [2.75, 3.05) is 11.9 Å². The van der Waals surface area contributed by atoms with E-state index >= 15 is 0 Å². The van der Waals surface area contributed by atoms with Crippen LogP contribution in [0.15, 0.2) is 146 Å². The van der Waals surface area contributed by atoms with Crippen molar-refractivity contribution in [3.63, 3.8) is 0 Å². The molecular formula is C40H40N2O7. The molecule has 0 radical (unpaired) electrons. The lowest BCUT2D eigenvalue weighted by Crippen LogP contribution is -2.63. The molecule has 0 amide bonds. The zero-order chi connectivity index (χ0) is 33.7. The van der Waals surface area contributed by atoms with Gasteiger partial charge in [-0.25, -0.2) is 0 Å². The average Bonchev–Trinajstić information content (AvgIpc) is 3.15. The number of anilines is 1. The minimum atomic E-state index is -0.793. The van der Waals surface area contributed by atoms with Crippen molar-refractivity contribution in [1.29, 1.82) is 0 Å². The molecule has 1 aliphatic heterocycles. The maximum atomic E-state index is 11.4. The largest absolute Gasteiger partial charge is 0.375 e. The van der Waals surface area contributed by atoms with Gasteiger partial charge in [0.1, 0.15) is 24.4 Å². The summed E-state index contributed by atoms with van der Waals surface area (Å²) < 4.78 is 33.0. The van der Waals surface area contributed by atoms with Gasteiger partial charge in [0, 0.05) is 17.8 Å². The number of nitro groups is 1. The fourth-order valence-electron chi connectivity index (χ4n) is 5.76. The number of hydrogen-bond acceptors (Lipinski definition) is 8. The quantitative estimate of drug-likeness (QED) is 0.0849. The minimum Gasteiger partial charge on any atom is -0.375 e. The van der Waals surface area contributed by atoms with Gasteiger partial charge in [-0.3, -0.25) is 10.1 Å². The maximum Gasteiger partial charge on any atom is 0.269 e. The van der Waals surface area contributed by atoms with Crippen LogP contribution >= 0.6 is 0 Å². The van der Waals surface area contributed by atoms with Gasteiger partial charge in [-0.15, -0.1) is 0 Å². The van der Waals surface area contributed by atoms with Crippen LogP contribution in [0.25, 0.3) is 0 Å². The molecule has 5 aromatic rings. The monoisotopic (exact) mass is 660 g/mol. The van der Waals surface area contributed by atoms with Gasteiger partial charge in [-0.1, -0.05) is 121 Å². The Kier molecular flexibility index (Phi) is 12.1. The Hall–Kier alpha value is -4.90. The predicted octanol–water partition coefficient (Wildman–Crippen LogP) is 7.70. The summed E-state index contributed by atoms with van der Waals surface area (Å²) in [5.74, 6) is 0. The van der Waals surface area contributed by atoms with Crippen molar-refractivity contribution in [3.05, 3.63) is 178 Å². The first-order chi connectivity index (χ1) is 24.1. The third kappa shape index (κ3) is 9.82. The summed E-state index contributed by atoms with van der Waals surface area (Å²) in [6.45, 7) is 1.58. The summed E-state index contributed by atoms with van der Waals surface area (Å²) in [5.41, 5.74) is 4.70. The average molecular weight is 661 g/mol.